The lowest BCUT2D eigenvalue weighted by Crippen LogP contribution is -2.32. The molecule has 1 aromatic heterocycles. The molecule has 0 radical (unpaired) electrons. The maximum Gasteiger partial charge on any atom is 0.246 e. The van der Waals surface area contributed by atoms with E-state index in [1.807, 2.05) is 25.1 Å². The molecule has 0 aliphatic carbocycles. The summed E-state index contributed by atoms with van der Waals surface area (Å²) < 4.78 is 0. The number of pyridine rings is 1. The molecule has 1 N–H and O–H groups in total. The number of nitrogens with zero attached hydrogens (tertiary/aromatic N) is 2. The highest BCUT2D eigenvalue weighted by Gasteiger charge is 2.23. The van der Waals surface area contributed by atoms with Crippen molar-refractivity contribution in [1.29, 1.82) is 0 Å². The number of aromatic nitrogens is 1. The fourth-order valence-electron chi connectivity index (χ4n) is 2.01. The molecule has 0 spiro atoms. The molecular weight excluding hydrogens is 309 g/mol. The summed E-state index contributed by atoms with van der Waals surface area (Å²) in [6, 6.07) is 8.16. The second-order valence-corrected chi connectivity index (χ2v) is 5.61. The Morgan fingerprint density at radius 2 is 2.05 bits per heavy atom. The Bertz CT molecular complexity index is 632. The molecule has 110 valence electrons. The number of amides is 1. The SMILES string of the molecule is CN(C)C(C(=O)Nc1ccc(Cl)cc1Cl)c1cccnc1. The maximum atomic E-state index is 12.5. The zero-order valence-electron chi connectivity index (χ0n) is 11.7. The van der Waals surface area contributed by atoms with Crippen LogP contribution in [0.2, 0.25) is 10.0 Å². The van der Waals surface area contributed by atoms with Gasteiger partial charge >= 0.3 is 0 Å². The second-order valence-electron chi connectivity index (χ2n) is 4.77. The quantitative estimate of drug-likeness (QED) is 0.934. The lowest BCUT2D eigenvalue weighted by atomic mass is 10.1. The molecule has 0 saturated carbocycles. The topological polar surface area (TPSA) is 45.2 Å². The van der Waals surface area contributed by atoms with Crippen molar-refractivity contribution in [3.8, 4) is 0 Å². The molecule has 0 fully saturated rings. The number of hydrogen-bond acceptors (Lipinski definition) is 3. The molecule has 21 heavy (non-hydrogen) atoms. The van der Waals surface area contributed by atoms with Gasteiger partial charge in [-0.15, -0.1) is 0 Å². The van der Waals surface area contributed by atoms with Gasteiger partial charge in [-0.1, -0.05) is 29.3 Å². The predicted molar refractivity (Wildman–Crippen MR) is 85.8 cm³/mol. The summed E-state index contributed by atoms with van der Waals surface area (Å²) in [5.74, 6) is -0.183. The fraction of sp³-hybridized carbons (Fsp3) is 0.200. The van der Waals surface area contributed by atoms with Crippen LogP contribution in [-0.4, -0.2) is 29.9 Å². The number of hydrogen-bond donors (Lipinski definition) is 1. The molecule has 0 aliphatic heterocycles. The summed E-state index contributed by atoms with van der Waals surface area (Å²) in [6.45, 7) is 0. The number of carbonyl (C=O) groups is 1. The first-order valence-corrected chi connectivity index (χ1v) is 7.07. The van der Waals surface area contributed by atoms with Crippen molar-refractivity contribution in [2.24, 2.45) is 0 Å². The van der Waals surface area contributed by atoms with E-state index in [-0.39, 0.29) is 5.91 Å². The van der Waals surface area contributed by atoms with Crippen LogP contribution >= 0.6 is 23.2 Å². The van der Waals surface area contributed by atoms with E-state index < -0.39 is 6.04 Å². The highest BCUT2D eigenvalue weighted by Crippen LogP contribution is 2.27. The second kappa shape index (κ2) is 6.89. The van der Waals surface area contributed by atoms with Crippen LogP contribution in [0.5, 0.6) is 0 Å². The normalized spacial score (nSPS) is 12.2. The van der Waals surface area contributed by atoms with Crippen LogP contribution in [0.15, 0.2) is 42.7 Å². The Morgan fingerprint density at radius 3 is 2.62 bits per heavy atom. The van der Waals surface area contributed by atoms with Gasteiger partial charge in [0.25, 0.3) is 0 Å². The molecule has 0 aliphatic rings. The van der Waals surface area contributed by atoms with Crippen LogP contribution in [0.4, 0.5) is 5.69 Å². The van der Waals surface area contributed by atoms with Gasteiger partial charge in [-0.25, -0.2) is 0 Å². The van der Waals surface area contributed by atoms with Gasteiger partial charge in [-0.2, -0.15) is 0 Å². The highest BCUT2D eigenvalue weighted by atomic mass is 35.5. The van der Waals surface area contributed by atoms with Gasteiger partial charge in [-0.05, 0) is 43.9 Å². The Balaban J connectivity index is 2.24. The molecular formula is C15H15Cl2N3O. The molecule has 1 unspecified atom stereocenters. The van der Waals surface area contributed by atoms with Crippen molar-refractivity contribution in [3.05, 3.63) is 58.3 Å². The van der Waals surface area contributed by atoms with Crippen molar-refractivity contribution < 1.29 is 4.79 Å². The van der Waals surface area contributed by atoms with E-state index in [0.717, 1.165) is 5.56 Å². The van der Waals surface area contributed by atoms with E-state index in [1.165, 1.54) is 0 Å². The Labute approximate surface area is 133 Å². The maximum absolute atomic E-state index is 12.5. The van der Waals surface area contributed by atoms with Crippen molar-refractivity contribution in [3.63, 3.8) is 0 Å². The molecule has 4 nitrogen and oxygen atoms in total. The van der Waals surface area contributed by atoms with Crippen LogP contribution in [0.3, 0.4) is 0 Å². The minimum absolute atomic E-state index is 0.183. The highest BCUT2D eigenvalue weighted by molar-refractivity contribution is 6.36. The van der Waals surface area contributed by atoms with Gasteiger partial charge < -0.3 is 5.32 Å². The fourth-order valence-corrected chi connectivity index (χ4v) is 2.47. The summed E-state index contributed by atoms with van der Waals surface area (Å²) in [6.07, 6.45) is 3.35. The minimum Gasteiger partial charge on any atom is -0.323 e. The molecule has 1 heterocycles. The summed E-state index contributed by atoms with van der Waals surface area (Å²) in [5.41, 5.74) is 1.34. The molecule has 2 aromatic rings. The van der Waals surface area contributed by atoms with Crippen molar-refractivity contribution in [2.75, 3.05) is 19.4 Å². The van der Waals surface area contributed by atoms with Gasteiger partial charge in [-0.3, -0.25) is 14.7 Å². The first-order chi connectivity index (χ1) is 9.99. The third kappa shape index (κ3) is 3.94. The van der Waals surface area contributed by atoms with E-state index in [1.54, 1.807) is 36.7 Å². The monoisotopic (exact) mass is 323 g/mol. The predicted octanol–water partition coefficient (Wildman–Crippen LogP) is 3.63. The number of nitrogens with one attached hydrogen (secondary N) is 1. The third-order valence-electron chi connectivity index (χ3n) is 2.95. The number of benzene rings is 1. The first-order valence-electron chi connectivity index (χ1n) is 6.31. The molecule has 1 atom stereocenters. The van der Waals surface area contributed by atoms with Gasteiger partial charge in [0.2, 0.25) is 5.91 Å². The van der Waals surface area contributed by atoms with Gasteiger partial charge in [0.1, 0.15) is 6.04 Å². The van der Waals surface area contributed by atoms with Crippen molar-refractivity contribution >= 4 is 34.8 Å². The van der Waals surface area contributed by atoms with Crippen LogP contribution < -0.4 is 5.32 Å². The van der Waals surface area contributed by atoms with Crippen LogP contribution in [0, 0.1) is 0 Å². The molecule has 0 saturated heterocycles. The van der Waals surface area contributed by atoms with E-state index in [4.69, 9.17) is 23.2 Å². The molecule has 6 heteroatoms. The average molecular weight is 324 g/mol. The van der Waals surface area contributed by atoms with Gasteiger partial charge in [0, 0.05) is 17.4 Å². The first kappa shape index (κ1) is 15.8. The van der Waals surface area contributed by atoms with E-state index in [2.05, 4.69) is 10.3 Å². The molecule has 2 rings (SSSR count). The smallest absolute Gasteiger partial charge is 0.246 e. The van der Waals surface area contributed by atoms with Crippen LogP contribution in [-0.2, 0) is 4.79 Å². The third-order valence-corrected chi connectivity index (χ3v) is 3.50. The standard InChI is InChI=1S/C15H15Cl2N3O/c1-20(2)14(10-4-3-7-18-9-10)15(21)19-13-6-5-11(16)8-12(13)17/h3-9,14H,1-2H3,(H,19,21). The number of halogens is 2. The Kier molecular flexibility index (Phi) is 5.17. The number of anilines is 1. The molecule has 0 bridgehead atoms. The van der Waals surface area contributed by atoms with Gasteiger partial charge in [0.15, 0.2) is 0 Å². The number of carbonyl (C=O) groups excluding carboxylic acids is 1. The zero-order valence-corrected chi connectivity index (χ0v) is 13.2. The number of rotatable bonds is 4. The number of likely N-dealkylation sites (N-methyl/N-ethyl adjacent to an activating group) is 1. The summed E-state index contributed by atoms with van der Waals surface area (Å²) in [7, 11) is 3.67. The van der Waals surface area contributed by atoms with Gasteiger partial charge in [0.05, 0.1) is 10.7 Å². The average Bonchev–Trinajstić information content (AvgIpc) is 2.43. The Morgan fingerprint density at radius 1 is 1.29 bits per heavy atom. The molecule has 1 amide bonds. The zero-order chi connectivity index (χ0) is 15.4. The van der Waals surface area contributed by atoms with E-state index >= 15 is 0 Å². The summed E-state index contributed by atoms with van der Waals surface area (Å²) in [5, 5.41) is 3.74. The lowest BCUT2D eigenvalue weighted by molar-refractivity contribution is -0.120. The van der Waals surface area contributed by atoms with Crippen LogP contribution in [0.1, 0.15) is 11.6 Å². The van der Waals surface area contributed by atoms with E-state index in [9.17, 15) is 4.79 Å². The van der Waals surface area contributed by atoms with Crippen LogP contribution in [0.25, 0.3) is 0 Å². The van der Waals surface area contributed by atoms with Crippen molar-refractivity contribution in [1.82, 2.24) is 9.88 Å². The minimum atomic E-state index is -0.453. The summed E-state index contributed by atoms with van der Waals surface area (Å²) in [4.78, 5) is 18.4. The molecule has 1 aromatic carbocycles. The summed E-state index contributed by atoms with van der Waals surface area (Å²) >= 11 is 11.9. The van der Waals surface area contributed by atoms with Crippen molar-refractivity contribution in [2.45, 2.75) is 6.04 Å². The lowest BCUT2D eigenvalue weighted by Gasteiger charge is -2.23. The Hall–Kier alpha value is -1.62. The largest absolute Gasteiger partial charge is 0.323 e. The van der Waals surface area contributed by atoms with E-state index in [0.29, 0.717) is 15.7 Å².